The third-order valence-corrected chi connectivity index (χ3v) is 5.44. The molecule has 0 amide bonds. The van der Waals surface area contributed by atoms with Crippen molar-refractivity contribution in [2.75, 3.05) is 7.05 Å². The molecule has 2 rings (SSSR count). The van der Waals surface area contributed by atoms with Gasteiger partial charge >= 0.3 is 6.18 Å². The molecule has 5 nitrogen and oxygen atoms in total. The number of benzene rings is 1. The summed E-state index contributed by atoms with van der Waals surface area (Å²) in [7, 11) is -3.09. The van der Waals surface area contributed by atoms with E-state index in [1.165, 1.54) is 0 Å². The highest BCUT2D eigenvalue weighted by Crippen LogP contribution is 2.39. The maximum atomic E-state index is 13.6. The van der Waals surface area contributed by atoms with Crippen LogP contribution in [-0.4, -0.2) is 30.5 Å². The zero-order chi connectivity index (χ0) is 19.9. The highest BCUT2D eigenvalue weighted by Gasteiger charge is 2.47. The molecule has 2 aromatic rings. The molecule has 0 unspecified atom stereocenters. The number of aromatic nitrogens is 1. The Morgan fingerprint density at radius 2 is 1.65 bits per heavy atom. The molecule has 0 saturated heterocycles. The largest absolute Gasteiger partial charge is 0.409 e. The second kappa shape index (κ2) is 6.80. The molecular weight excluding hydrogens is 383 g/mol. The summed E-state index contributed by atoms with van der Waals surface area (Å²) < 4.78 is 92.7. The molecule has 142 valence electrons. The Hall–Kier alpha value is -2.27. The highest BCUT2D eigenvalue weighted by molar-refractivity contribution is 7.89. The number of hydrogen-bond donors (Lipinski definition) is 0. The van der Waals surface area contributed by atoms with Crippen LogP contribution in [0.2, 0.25) is 0 Å². The topological polar surface area (TPSA) is 59.4 Å². The maximum Gasteiger partial charge on any atom is 0.409 e. The molecule has 0 aliphatic rings. The van der Waals surface area contributed by atoms with Crippen molar-refractivity contribution in [1.82, 2.24) is 8.87 Å². The molecule has 26 heavy (non-hydrogen) atoms. The lowest BCUT2D eigenvalue weighted by Crippen LogP contribution is -2.40. The lowest BCUT2D eigenvalue weighted by molar-refractivity contribution is -0.171. The van der Waals surface area contributed by atoms with Crippen molar-refractivity contribution < 1.29 is 30.4 Å². The summed E-state index contributed by atoms with van der Waals surface area (Å²) in [5, 5.41) is 0. The van der Waals surface area contributed by atoms with Gasteiger partial charge in [0, 0.05) is 26.4 Å². The van der Waals surface area contributed by atoms with Crippen LogP contribution in [0.25, 0.3) is 0 Å². The van der Waals surface area contributed by atoms with Crippen molar-refractivity contribution in [1.29, 1.82) is 0 Å². The molecule has 1 aromatic carbocycles. The minimum atomic E-state index is -5.03. The molecule has 0 saturated carbocycles. The normalized spacial score (nSPS) is 13.8. The first-order chi connectivity index (χ1) is 11.9. The van der Waals surface area contributed by atoms with Crippen LogP contribution in [0.4, 0.5) is 22.0 Å². The SMILES string of the molecule is CN([C@H](c1ccc(F)cc1)C(F)(F)F)S(=O)(=O)c1cc(F)c(=O)n(C)c1. The molecule has 1 aromatic heterocycles. The van der Waals surface area contributed by atoms with Crippen molar-refractivity contribution in [3.63, 3.8) is 0 Å². The minimum Gasteiger partial charge on any atom is -0.315 e. The third-order valence-electron chi connectivity index (χ3n) is 3.65. The smallest absolute Gasteiger partial charge is 0.315 e. The van der Waals surface area contributed by atoms with E-state index in [0.29, 0.717) is 17.7 Å². The Labute approximate surface area is 145 Å². The number of alkyl halides is 3. The standard InChI is InChI=1S/C15H13F5N2O3S/c1-21-8-11(7-12(17)14(21)23)26(24,25)22(2)13(15(18,19)20)9-3-5-10(16)6-4-9/h3-8,13H,1-2H3/t13-/m1/s1. The molecule has 0 fully saturated rings. The summed E-state index contributed by atoms with van der Waals surface area (Å²) in [5.74, 6) is -2.22. The van der Waals surface area contributed by atoms with E-state index in [-0.39, 0.29) is 4.31 Å². The Bertz CT molecular complexity index is 942. The van der Waals surface area contributed by atoms with Crippen molar-refractivity contribution in [3.05, 3.63) is 64.1 Å². The maximum absolute atomic E-state index is 13.6. The molecule has 0 N–H and O–H groups in total. The molecule has 0 bridgehead atoms. The average molecular weight is 396 g/mol. The van der Waals surface area contributed by atoms with Gasteiger partial charge in [0.25, 0.3) is 5.56 Å². The second-order valence-corrected chi connectivity index (χ2v) is 7.45. The fourth-order valence-corrected chi connectivity index (χ4v) is 3.73. The van der Waals surface area contributed by atoms with Gasteiger partial charge in [0.2, 0.25) is 10.0 Å². The van der Waals surface area contributed by atoms with Gasteiger partial charge in [0.15, 0.2) is 5.82 Å². The number of hydrogen-bond acceptors (Lipinski definition) is 3. The van der Waals surface area contributed by atoms with E-state index in [1.807, 2.05) is 0 Å². The summed E-state index contributed by atoms with van der Waals surface area (Å²) in [4.78, 5) is 10.5. The van der Waals surface area contributed by atoms with Crippen LogP contribution in [0, 0.1) is 11.6 Å². The fourth-order valence-electron chi connectivity index (χ4n) is 2.34. The Morgan fingerprint density at radius 3 is 2.12 bits per heavy atom. The van der Waals surface area contributed by atoms with Crippen LogP contribution in [0.5, 0.6) is 0 Å². The van der Waals surface area contributed by atoms with Gasteiger partial charge in [-0.25, -0.2) is 17.2 Å². The van der Waals surface area contributed by atoms with Crippen LogP contribution in [0.1, 0.15) is 11.6 Å². The summed E-state index contributed by atoms with van der Waals surface area (Å²) in [6.07, 6.45) is -4.31. The van der Waals surface area contributed by atoms with Crippen LogP contribution >= 0.6 is 0 Å². The molecule has 1 heterocycles. The van der Waals surface area contributed by atoms with Gasteiger partial charge in [-0.3, -0.25) is 4.79 Å². The Balaban J connectivity index is 2.59. The summed E-state index contributed by atoms with van der Waals surface area (Å²) in [6, 6.07) is 0.864. The number of sulfonamides is 1. The lowest BCUT2D eigenvalue weighted by atomic mass is 10.1. The second-order valence-electron chi connectivity index (χ2n) is 5.46. The van der Waals surface area contributed by atoms with E-state index < -0.39 is 49.9 Å². The van der Waals surface area contributed by atoms with Crippen LogP contribution in [0.15, 0.2) is 46.2 Å². The van der Waals surface area contributed by atoms with E-state index in [1.54, 1.807) is 0 Å². The van der Waals surface area contributed by atoms with E-state index in [2.05, 4.69) is 0 Å². The number of nitrogens with zero attached hydrogens (tertiary/aromatic N) is 2. The number of rotatable bonds is 4. The van der Waals surface area contributed by atoms with Crippen molar-refractivity contribution >= 4 is 10.0 Å². The lowest BCUT2D eigenvalue weighted by Gasteiger charge is -2.29. The molecule has 0 aliphatic carbocycles. The number of pyridine rings is 1. The van der Waals surface area contributed by atoms with E-state index in [9.17, 15) is 35.2 Å². The highest BCUT2D eigenvalue weighted by atomic mass is 32.2. The third kappa shape index (κ3) is 3.78. The van der Waals surface area contributed by atoms with Gasteiger partial charge in [-0.2, -0.15) is 17.5 Å². The predicted octanol–water partition coefficient (Wildman–Crippen LogP) is 2.59. The number of aryl methyl sites for hydroxylation is 1. The Morgan fingerprint density at radius 1 is 1.12 bits per heavy atom. The van der Waals surface area contributed by atoms with E-state index in [0.717, 1.165) is 37.5 Å². The molecule has 0 radical (unpaired) electrons. The van der Waals surface area contributed by atoms with Crippen molar-refractivity contribution in [2.45, 2.75) is 17.1 Å². The van der Waals surface area contributed by atoms with Crippen LogP contribution in [0.3, 0.4) is 0 Å². The van der Waals surface area contributed by atoms with E-state index >= 15 is 0 Å². The molecule has 0 aliphatic heterocycles. The quantitative estimate of drug-likeness (QED) is 0.747. The summed E-state index contributed by atoms with van der Waals surface area (Å²) in [5.41, 5.74) is -1.65. The van der Waals surface area contributed by atoms with Gasteiger partial charge in [0.1, 0.15) is 16.8 Å². The van der Waals surface area contributed by atoms with Crippen molar-refractivity contribution in [2.24, 2.45) is 7.05 Å². The monoisotopic (exact) mass is 396 g/mol. The fraction of sp³-hybridized carbons (Fsp3) is 0.267. The van der Waals surface area contributed by atoms with Gasteiger partial charge < -0.3 is 4.57 Å². The predicted molar refractivity (Wildman–Crippen MR) is 81.8 cm³/mol. The minimum absolute atomic E-state index is 0.000508. The van der Waals surface area contributed by atoms with Gasteiger partial charge in [-0.1, -0.05) is 12.1 Å². The molecule has 0 spiro atoms. The zero-order valence-corrected chi connectivity index (χ0v) is 14.3. The first kappa shape index (κ1) is 20.0. The van der Waals surface area contributed by atoms with Gasteiger partial charge in [-0.05, 0) is 17.7 Å². The van der Waals surface area contributed by atoms with E-state index in [4.69, 9.17) is 0 Å². The molecular formula is C15H13F5N2O3S. The Kier molecular flexibility index (Phi) is 5.24. The van der Waals surface area contributed by atoms with Crippen molar-refractivity contribution in [3.8, 4) is 0 Å². The van der Waals surface area contributed by atoms with Gasteiger partial charge in [0.05, 0.1) is 0 Å². The molecule has 11 heteroatoms. The molecule has 1 atom stereocenters. The van der Waals surface area contributed by atoms with Gasteiger partial charge in [-0.15, -0.1) is 0 Å². The summed E-state index contributed by atoms with van der Waals surface area (Å²) >= 11 is 0. The number of halogens is 5. The average Bonchev–Trinajstić information content (AvgIpc) is 2.52. The zero-order valence-electron chi connectivity index (χ0n) is 13.5. The first-order valence-corrected chi connectivity index (χ1v) is 8.46. The van der Waals surface area contributed by atoms with Crippen LogP contribution in [-0.2, 0) is 17.1 Å². The first-order valence-electron chi connectivity index (χ1n) is 7.02. The summed E-state index contributed by atoms with van der Waals surface area (Å²) in [6.45, 7) is 0. The van der Waals surface area contributed by atoms with Crippen LogP contribution < -0.4 is 5.56 Å².